The van der Waals surface area contributed by atoms with Crippen LogP contribution in [0, 0.1) is 5.92 Å². The lowest BCUT2D eigenvalue weighted by Gasteiger charge is -2.37. The van der Waals surface area contributed by atoms with E-state index in [-0.39, 0.29) is 19.0 Å². The van der Waals surface area contributed by atoms with E-state index < -0.39 is 30.2 Å². The van der Waals surface area contributed by atoms with Crippen LogP contribution in [0.1, 0.15) is 12.1 Å². The zero-order valence-corrected chi connectivity index (χ0v) is 13.7. The van der Waals surface area contributed by atoms with Gasteiger partial charge in [0.25, 0.3) is 0 Å². The Balaban J connectivity index is 1.55. The van der Waals surface area contributed by atoms with Crippen LogP contribution < -0.4 is 4.90 Å². The van der Waals surface area contributed by atoms with Crippen molar-refractivity contribution in [3.63, 3.8) is 0 Å². The molecule has 0 bridgehead atoms. The van der Waals surface area contributed by atoms with Gasteiger partial charge < -0.3 is 20.2 Å². The average molecular weight is 367 g/mol. The molecule has 0 saturated carbocycles. The molecule has 2 aliphatic heterocycles. The molecule has 3 N–H and O–H groups in total. The first-order valence-corrected chi connectivity index (χ1v) is 8.66. The summed E-state index contributed by atoms with van der Waals surface area (Å²) < 4.78 is 37.9. The quantitative estimate of drug-likeness (QED) is 0.717. The number of anilines is 1. The molecular formula is C14H20F3N3O3S. The molecule has 0 radical (unpaired) electrons. The lowest BCUT2D eigenvalue weighted by molar-refractivity contribution is -0.140. The summed E-state index contributed by atoms with van der Waals surface area (Å²) in [5, 5.41) is 30.4. The number of halogens is 3. The Morgan fingerprint density at radius 2 is 1.83 bits per heavy atom. The number of thiazole rings is 1. The third-order valence-electron chi connectivity index (χ3n) is 4.53. The average Bonchev–Trinajstić information content (AvgIpc) is 3.12. The standard InChI is InChI=1S/C14H20F3N3O3S/c15-14(16,17)11-7-24-13(18-11)20-2-1-8(4-20)3-19-5-9(21)12(23)10(22)6-19/h7-10,12,21-23H,1-6H2/t8-,9?,10?,12?/m0/s1. The van der Waals surface area contributed by atoms with Crippen LogP contribution in [-0.4, -0.2) is 76.2 Å². The second-order valence-corrected chi connectivity index (χ2v) is 7.29. The highest BCUT2D eigenvalue weighted by molar-refractivity contribution is 7.13. The van der Waals surface area contributed by atoms with E-state index >= 15 is 0 Å². The molecule has 0 aromatic carbocycles. The number of β-amino-alcohol motifs (C(OH)–C–C–N with tert-alkyl or cyclic N) is 2. The third-order valence-corrected chi connectivity index (χ3v) is 5.44. The summed E-state index contributed by atoms with van der Waals surface area (Å²) in [7, 11) is 0. The van der Waals surface area contributed by atoms with Gasteiger partial charge in [0, 0.05) is 38.1 Å². The molecule has 2 unspecified atom stereocenters. The molecule has 136 valence electrons. The van der Waals surface area contributed by atoms with Crippen molar-refractivity contribution in [1.82, 2.24) is 9.88 Å². The van der Waals surface area contributed by atoms with Gasteiger partial charge in [-0.1, -0.05) is 0 Å². The minimum atomic E-state index is -4.42. The van der Waals surface area contributed by atoms with Crippen LogP contribution >= 0.6 is 11.3 Å². The highest BCUT2D eigenvalue weighted by atomic mass is 32.1. The molecule has 10 heteroatoms. The number of alkyl halides is 3. The Labute approximate surface area is 141 Å². The summed E-state index contributed by atoms with van der Waals surface area (Å²) in [5.41, 5.74) is -0.859. The van der Waals surface area contributed by atoms with Gasteiger partial charge in [-0.2, -0.15) is 13.2 Å². The van der Waals surface area contributed by atoms with E-state index in [0.717, 1.165) is 23.1 Å². The minimum Gasteiger partial charge on any atom is -0.389 e. The van der Waals surface area contributed by atoms with Crippen molar-refractivity contribution in [2.45, 2.75) is 30.9 Å². The lowest BCUT2D eigenvalue weighted by Crippen LogP contribution is -2.56. The summed E-state index contributed by atoms with van der Waals surface area (Å²) in [6.45, 7) is 2.41. The predicted octanol–water partition coefficient (Wildman–Crippen LogP) is 0.386. The first kappa shape index (κ1) is 17.9. The molecule has 3 rings (SSSR count). The van der Waals surface area contributed by atoms with Crippen LogP contribution in [0.3, 0.4) is 0 Å². The number of piperidine rings is 1. The number of aliphatic hydroxyl groups is 3. The zero-order valence-electron chi connectivity index (χ0n) is 12.9. The number of rotatable bonds is 3. The van der Waals surface area contributed by atoms with Crippen LogP contribution in [0.4, 0.5) is 18.3 Å². The van der Waals surface area contributed by atoms with Crippen molar-refractivity contribution in [3.05, 3.63) is 11.1 Å². The first-order valence-electron chi connectivity index (χ1n) is 7.78. The van der Waals surface area contributed by atoms with E-state index in [4.69, 9.17) is 0 Å². The molecule has 0 aliphatic carbocycles. The van der Waals surface area contributed by atoms with Crippen molar-refractivity contribution >= 4 is 16.5 Å². The predicted molar refractivity (Wildman–Crippen MR) is 81.9 cm³/mol. The van der Waals surface area contributed by atoms with E-state index in [9.17, 15) is 28.5 Å². The maximum atomic E-state index is 12.6. The number of aromatic nitrogens is 1. The van der Waals surface area contributed by atoms with Crippen molar-refractivity contribution in [2.75, 3.05) is 37.6 Å². The SMILES string of the molecule is OC1CN(C[C@@H]2CCN(c3nc(C(F)(F)F)cs3)C2)CC(O)C1O. The number of hydrogen-bond donors (Lipinski definition) is 3. The Kier molecular flexibility index (Phi) is 5.03. The number of likely N-dealkylation sites (tertiary alicyclic amines) is 1. The normalized spacial score (nSPS) is 32.5. The Hall–Kier alpha value is -0.940. The van der Waals surface area contributed by atoms with Gasteiger partial charge in [-0.15, -0.1) is 11.3 Å². The van der Waals surface area contributed by atoms with Gasteiger partial charge in [0.15, 0.2) is 10.8 Å². The van der Waals surface area contributed by atoms with E-state index in [1.54, 1.807) is 0 Å². The van der Waals surface area contributed by atoms with E-state index in [0.29, 0.717) is 24.8 Å². The molecule has 0 spiro atoms. The van der Waals surface area contributed by atoms with Crippen molar-refractivity contribution in [2.24, 2.45) is 5.92 Å². The molecule has 3 atom stereocenters. The minimum absolute atomic E-state index is 0.220. The summed E-state index contributed by atoms with van der Waals surface area (Å²) in [4.78, 5) is 7.40. The fourth-order valence-corrected chi connectivity index (χ4v) is 4.15. The molecule has 1 aromatic rings. The molecule has 2 aliphatic rings. The lowest BCUT2D eigenvalue weighted by atomic mass is 10.00. The second-order valence-electron chi connectivity index (χ2n) is 6.46. The molecule has 3 heterocycles. The molecule has 1 aromatic heterocycles. The van der Waals surface area contributed by atoms with E-state index in [1.165, 1.54) is 0 Å². The second kappa shape index (κ2) is 6.75. The third kappa shape index (κ3) is 3.83. The van der Waals surface area contributed by atoms with Gasteiger partial charge in [-0.25, -0.2) is 4.98 Å². The van der Waals surface area contributed by atoms with Crippen LogP contribution in [0.5, 0.6) is 0 Å². The number of nitrogens with zero attached hydrogens (tertiary/aromatic N) is 3. The first-order chi connectivity index (χ1) is 11.2. The maximum Gasteiger partial charge on any atom is 0.434 e. The van der Waals surface area contributed by atoms with Crippen LogP contribution in [0.15, 0.2) is 5.38 Å². The highest BCUT2D eigenvalue weighted by Crippen LogP contribution is 2.34. The van der Waals surface area contributed by atoms with Gasteiger partial charge in [0.05, 0.1) is 12.2 Å². The van der Waals surface area contributed by atoms with E-state index in [2.05, 4.69) is 4.98 Å². The Morgan fingerprint density at radius 1 is 1.17 bits per heavy atom. The molecule has 0 amide bonds. The van der Waals surface area contributed by atoms with Gasteiger partial charge in [0.1, 0.15) is 6.10 Å². The highest BCUT2D eigenvalue weighted by Gasteiger charge is 2.37. The van der Waals surface area contributed by atoms with Gasteiger partial charge in [-0.05, 0) is 12.3 Å². The van der Waals surface area contributed by atoms with E-state index in [1.807, 2.05) is 9.80 Å². The molecule has 2 fully saturated rings. The zero-order chi connectivity index (χ0) is 17.5. The smallest absolute Gasteiger partial charge is 0.389 e. The molecular weight excluding hydrogens is 347 g/mol. The number of aliphatic hydroxyl groups excluding tert-OH is 3. The van der Waals surface area contributed by atoms with Gasteiger partial charge in [-0.3, -0.25) is 4.90 Å². The van der Waals surface area contributed by atoms with Gasteiger partial charge >= 0.3 is 6.18 Å². The molecule has 2 saturated heterocycles. The Morgan fingerprint density at radius 3 is 2.42 bits per heavy atom. The maximum absolute atomic E-state index is 12.6. The van der Waals surface area contributed by atoms with Crippen molar-refractivity contribution in [1.29, 1.82) is 0 Å². The number of hydrogen-bond acceptors (Lipinski definition) is 7. The van der Waals surface area contributed by atoms with Crippen LogP contribution in [0.25, 0.3) is 0 Å². The van der Waals surface area contributed by atoms with Gasteiger partial charge in [0.2, 0.25) is 0 Å². The fraction of sp³-hybridized carbons (Fsp3) is 0.786. The largest absolute Gasteiger partial charge is 0.434 e. The summed E-state index contributed by atoms with van der Waals surface area (Å²) in [6, 6.07) is 0. The molecule has 6 nitrogen and oxygen atoms in total. The molecule has 24 heavy (non-hydrogen) atoms. The van der Waals surface area contributed by atoms with Crippen LogP contribution in [0.2, 0.25) is 0 Å². The van der Waals surface area contributed by atoms with Crippen molar-refractivity contribution in [3.8, 4) is 0 Å². The summed E-state index contributed by atoms with van der Waals surface area (Å²) in [5.74, 6) is 0.220. The summed E-state index contributed by atoms with van der Waals surface area (Å²) >= 11 is 0.991. The summed E-state index contributed by atoms with van der Waals surface area (Å²) in [6.07, 6.45) is -6.71. The Bertz CT molecular complexity index is 559. The van der Waals surface area contributed by atoms with Crippen molar-refractivity contribution < 1.29 is 28.5 Å². The monoisotopic (exact) mass is 367 g/mol. The fourth-order valence-electron chi connectivity index (χ4n) is 3.29. The topological polar surface area (TPSA) is 80.1 Å². The van der Waals surface area contributed by atoms with Crippen LogP contribution in [-0.2, 0) is 6.18 Å².